The highest BCUT2D eigenvalue weighted by Crippen LogP contribution is 2.48. The van der Waals surface area contributed by atoms with Crippen LogP contribution in [0.5, 0.6) is 46.0 Å². The lowest BCUT2D eigenvalue weighted by atomic mass is 9.83. The molecule has 6 aliphatic rings. The van der Waals surface area contributed by atoms with Crippen molar-refractivity contribution in [2.75, 3.05) is 60.5 Å². The number of hydrogen-bond acceptors (Lipinski definition) is 15. The molecule has 6 aliphatic heterocycles. The number of aromatic hydroxyl groups is 1. The number of hydrogen-bond donors (Lipinski definition) is 1. The third kappa shape index (κ3) is 13.2. The lowest BCUT2D eigenvalue weighted by Gasteiger charge is -2.41. The number of rotatable bonds is 10. The third-order valence-electron chi connectivity index (χ3n) is 14.8. The van der Waals surface area contributed by atoms with Crippen molar-refractivity contribution in [1.29, 1.82) is 0 Å². The molecule has 0 saturated carbocycles. The Hall–Kier alpha value is -7.11. The number of methoxy groups -OCH3 is 2. The van der Waals surface area contributed by atoms with Crippen molar-refractivity contribution in [2.24, 2.45) is 0 Å². The third-order valence-corrected chi connectivity index (χ3v) is 14.9. The average molecular weight is 1070 g/mol. The molecule has 2 atom stereocenters. The van der Waals surface area contributed by atoms with Crippen molar-refractivity contribution in [2.45, 2.75) is 84.8 Å². The molecule has 2 unspecified atom stereocenters. The van der Waals surface area contributed by atoms with E-state index in [9.17, 15) is 14.7 Å². The molecule has 0 fully saturated rings. The highest BCUT2D eigenvalue weighted by atomic mass is 35.5. The fourth-order valence-electron chi connectivity index (χ4n) is 10.7. The molecule has 0 amide bonds. The van der Waals surface area contributed by atoms with Crippen molar-refractivity contribution in [3.63, 3.8) is 0 Å². The maximum atomic E-state index is 12.6. The molecule has 0 saturated heterocycles. The number of carbonyl (C=O) groups is 2. The summed E-state index contributed by atoms with van der Waals surface area (Å²) in [5, 5.41) is 10.5. The largest absolute Gasteiger partial charge is 0.514 e. The molecule has 6 aromatic rings. The summed E-state index contributed by atoms with van der Waals surface area (Å²) in [6, 6.07) is 35.8. The van der Waals surface area contributed by atoms with E-state index in [1.54, 1.807) is 14.2 Å². The zero-order valence-electron chi connectivity index (χ0n) is 44.4. The molecule has 0 bridgehead atoms. The van der Waals surface area contributed by atoms with Crippen LogP contribution in [-0.2, 0) is 61.5 Å². The first-order chi connectivity index (χ1) is 37.1. The molecule has 1 N–H and O–H groups in total. The first-order valence-corrected chi connectivity index (χ1v) is 26.3. The fraction of sp³-hybridized carbons (Fsp3) is 0.367. The number of benzene rings is 6. The summed E-state index contributed by atoms with van der Waals surface area (Å²) in [7, 11) is 3.17. The Kier molecular flexibility index (Phi) is 19.2. The zero-order chi connectivity index (χ0) is 53.1. The van der Waals surface area contributed by atoms with Gasteiger partial charge >= 0.3 is 11.6 Å². The lowest BCUT2D eigenvalue weighted by molar-refractivity contribution is 0.0897. The van der Waals surface area contributed by atoms with Crippen LogP contribution >= 0.6 is 11.6 Å². The summed E-state index contributed by atoms with van der Waals surface area (Å²) in [6.07, 6.45) is 2.87. The minimum absolute atomic E-state index is 0. The topological polar surface area (TPSA) is 147 Å². The second-order valence-corrected chi connectivity index (χ2v) is 19.2. The summed E-state index contributed by atoms with van der Waals surface area (Å²) in [4.78, 5) is 30.0. The molecule has 12 rings (SSSR count). The molecule has 0 aliphatic carbocycles. The van der Waals surface area contributed by atoms with Crippen LogP contribution in [0, 0.1) is 0 Å². The minimum atomic E-state index is -0.770. The number of phenolic OH excluding ortho intramolecular Hbond substituents is 1. The first-order valence-electron chi connectivity index (χ1n) is 25.9. The van der Waals surface area contributed by atoms with Crippen LogP contribution in [0.15, 0.2) is 109 Å². The highest BCUT2D eigenvalue weighted by molar-refractivity contribution is 6.61. The van der Waals surface area contributed by atoms with Gasteiger partial charge in [-0.2, -0.15) is 0 Å². The van der Waals surface area contributed by atoms with Crippen LogP contribution < -0.4 is 33.2 Å². The quantitative estimate of drug-likeness (QED) is 0.0600. The number of halogens is 1. The smallest absolute Gasteiger partial charge is 0.504 e. The van der Waals surface area contributed by atoms with Gasteiger partial charge in [0.25, 0.3) is 0 Å². The van der Waals surface area contributed by atoms with E-state index in [1.807, 2.05) is 72.8 Å². The van der Waals surface area contributed by atoms with Crippen LogP contribution in [0.1, 0.15) is 88.5 Å². The highest BCUT2D eigenvalue weighted by Gasteiger charge is 2.37. The molecule has 6 heterocycles. The van der Waals surface area contributed by atoms with Crippen LogP contribution in [0.4, 0.5) is 9.59 Å². The lowest BCUT2D eigenvalue weighted by Crippen LogP contribution is -2.39. The van der Waals surface area contributed by atoms with Gasteiger partial charge in [-0.25, -0.2) is 9.59 Å². The molecular weight excluding hydrogens is 1000 g/mol. The standard InChI is InChI=1S/C27H25NO6.C19H19NO4.C8H7ClO2.C6H15N.B/c1-30-23-8-7-18-11-22-20-13-25-24(32-16-33-25)12-19(20)9-10-28(22)14-21(18)26(23)34-27(29)31-15-17-5-3-2-4-6-17;1-22-16-3-2-11-6-15-13-8-18-17(23-10-24-18)7-12(13)4-5-20(15)9-14(11)19(16)21;9-8(10)11-6-7-4-2-1-3-5-7;1-4-7(5-2)6-3;/h2-8,12-13,22H,9-11,14-16H2,1H3;2-3,7-8,15,21H,4-6,9-10H2,1H3;1-5H,6H2;4-6H2,1-3H3;. The van der Waals surface area contributed by atoms with Crippen molar-refractivity contribution in [3.8, 4) is 46.0 Å². The molecule has 77 heavy (non-hydrogen) atoms. The number of phenols is 1. The van der Waals surface area contributed by atoms with Crippen molar-refractivity contribution in [3.05, 3.63) is 165 Å². The second-order valence-electron chi connectivity index (χ2n) is 18.9. The Balaban J connectivity index is 0.000000158. The van der Waals surface area contributed by atoms with Gasteiger partial charge in [-0.1, -0.05) is 93.6 Å². The van der Waals surface area contributed by atoms with Crippen molar-refractivity contribution >= 4 is 31.6 Å². The molecule has 15 nitrogen and oxygen atoms in total. The molecule has 0 aromatic heterocycles. The van der Waals surface area contributed by atoms with E-state index in [1.165, 1.54) is 47.5 Å². The summed E-state index contributed by atoms with van der Waals surface area (Å²) < 4.78 is 48.7. The van der Waals surface area contributed by atoms with Gasteiger partial charge in [-0.05, 0) is 126 Å². The molecule has 3 radical (unpaired) electrons. The summed E-state index contributed by atoms with van der Waals surface area (Å²) in [6.45, 7) is 14.4. The van der Waals surface area contributed by atoms with E-state index in [-0.39, 0.29) is 40.2 Å². The molecule has 403 valence electrons. The first kappa shape index (κ1) is 56.1. The number of fused-ring (bicyclic) bond motifs is 10. The Morgan fingerprint density at radius 2 is 1.06 bits per heavy atom. The predicted molar refractivity (Wildman–Crippen MR) is 293 cm³/mol. The van der Waals surface area contributed by atoms with E-state index in [0.717, 1.165) is 96.1 Å². The van der Waals surface area contributed by atoms with Gasteiger partial charge < -0.3 is 52.6 Å². The zero-order valence-corrected chi connectivity index (χ0v) is 45.1. The monoisotopic (exact) mass is 1070 g/mol. The average Bonchev–Trinajstić information content (AvgIpc) is 4.14. The Morgan fingerprint density at radius 1 is 0.610 bits per heavy atom. The normalized spacial score (nSPS) is 16.7. The van der Waals surface area contributed by atoms with Crippen LogP contribution in [0.2, 0.25) is 0 Å². The van der Waals surface area contributed by atoms with Crippen molar-refractivity contribution < 1.29 is 57.3 Å². The predicted octanol–water partition coefficient (Wildman–Crippen LogP) is 11.1. The van der Waals surface area contributed by atoms with Gasteiger partial charge in [0.05, 0.1) is 14.2 Å². The summed E-state index contributed by atoms with van der Waals surface area (Å²) >= 11 is 4.97. The van der Waals surface area contributed by atoms with E-state index in [2.05, 4.69) is 76.6 Å². The van der Waals surface area contributed by atoms with Crippen LogP contribution in [0.3, 0.4) is 0 Å². The van der Waals surface area contributed by atoms with E-state index >= 15 is 0 Å². The van der Waals surface area contributed by atoms with Gasteiger partial charge in [0.2, 0.25) is 13.6 Å². The summed E-state index contributed by atoms with van der Waals surface area (Å²) in [5.41, 5.74) is 10.6. The van der Waals surface area contributed by atoms with Crippen LogP contribution in [0.25, 0.3) is 0 Å². The molecule has 17 heteroatoms. The van der Waals surface area contributed by atoms with Crippen LogP contribution in [-0.4, -0.2) is 100 Å². The van der Waals surface area contributed by atoms with E-state index in [4.69, 9.17) is 49.5 Å². The maximum Gasteiger partial charge on any atom is 0.514 e. The van der Waals surface area contributed by atoms with Gasteiger partial charge in [0.15, 0.2) is 46.0 Å². The maximum absolute atomic E-state index is 12.6. The SMILES string of the molecule is CCN(CC)CC.COc1ccc2c(c1O)CN1CCc3cc4c(cc3C1C2)OCO4.COc1ccc2c(c1OC(=O)OCc1ccccc1)CN1CCc3cc4c(cc3C1C2)OCO4.O=C(Cl)OCc1ccccc1.[B]. The number of nitrogens with zero attached hydrogens (tertiary/aromatic N) is 3. The van der Waals surface area contributed by atoms with Gasteiger partial charge in [0, 0.05) is 69.4 Å². The van der Waals surface area contributed by atoms with E-state index < -0.39 is 11.6 Å². The Bertz CT molecular complexity index is 2980. The van der Waals surface area contributed by atoms with Gasteiger partial charge in [-0.15, -0.1) is 0 Å². The summed E-state index contributed by atoms with van der Waals surface area (Å²) in [5.74, 6) is 5.14. The fourth-order valence-corrected chi connectivity index (χ4v) is 10.7. The number of ether oxygens (including phenoxy) is 9. The van der Waals surface area contributed by atoms with Crippen molar-refractivity contribution in [1.82, 2.24) is 14.7 Å². The van der Waals surface area contributed by atoms with E-state index in [0.29, 0.717) is 36.6 Å². The molecule has 0 spiro atoms. The molecular formula is C60H66BClN3O12. The minimum Gasteiger partial charge on any atom is -0.504 e. The Labute approximate surface area is 458 Å². The Morgan fingerprint density at radius 3 is 1.53 bits per heavy atom. The van der Waals surface area contributed by atoms with Gasteiger partial charge in [-0.3, -0.25) is 9.80 Å². The molecule has 6 aromatic carbocycles. The number of carbonyl (C=O) groups excluding carboxylic acids is 2. The van der Waals surface area contributed by atoms with Gasteiger partial charge in [0.1, 0.15) is 13.2 Å². The second kappa shape index (κ2) is 26.3.